The minimum atomic E-state index is -3.05. The lowest BCUT2D eigenvalue weighted by Gasteiger charge is -2.21. The Bertz CT molecular complexity index is 424. The molecule has 0 aromatic carbocycles. The summed E-state index contributed by atoms with van der Waals surface area (Å²) in [6, 6.07) is 0. The third kappa shape index (κ3) is 10.1. The van der Waals surface area contributed by atoms with E-state index >= 15 is 0 Å². The van der Waals surface area contributed by atoms with E-state index in [1.54, 1.807) is 0 Å². The molecule has 9 heteroatoms. The Labute approximate surface area is 161 Å². The van der Waals surface area contributed by atoms with Crippen molar-refractivity contribution in [3.8, 4) is 0 Å². The van der Waals surface area contributed by atoms with Gasteiger partial charge in [-0.3, -0.25) is 0 Å². The van der Waals surface area contributed by atoms with Crippen LogP contribution in [-0.4, -0.2) is 76.0 Å². The van der Waals surface area contributed by atoms with Crippen LogP contribution in [0.3, 0.4) is 0 Å². The second-order valence-corrected chi connectivity index (χ2v) is 10.5. The summed E-state index contributed by atoms with van der Waals surface area (Å²) in [7, 11) is -3.05. The first-order valence-electron chi connectivity index (χ1n) is 7.85. The summed E-state index contributed by atoms with van der Waals surface area (Å²) in [5, 5.41) is 0. The van der Waals surface area contributed by atoms with Crippen LogP contribution in [0.15, 0.2) is 0 Å². The van der Waals surface area contributed by atoms with Gasteiger partial charge in [0, 0.05) is 37.7 Å². The van der Waals surface area contributed by atoms with Crippen molar-refractivity contribution in [2.75, 3.05) is 49.2 Å². The second-order valence-electron chi connectivity index (χ2n) is 4.73. The molecule has 0 aliphatic carbocycles. The predicted molar refractivity (Wildman–Crippen MR) is 115 cm³/mol. The normalized spacial score (nSPS) is 11.3. The van der Waals surface area contributed by atoms with E-state index in [0.29, 0.717) is 11.5 Å². The molecular weight excluding hydrogens is 389 g/mol. The first-order chi connectivity index (χ1) is 10.8. The van der Waals surface area contributed by atoms with Gasteiger partial charge in [-0.2, -0.15) is 0 Å². The Morgan fingerprint density at radius 1 is 0.783 bits per heavy atom. The molecule has 0 rings (SSSR count). The molecule has 0 atom stereocenters. The van der Waals surface area contributed by atoms with Crippen molar-refractivity contribution < 1.29 is 8.42 Å². The van der Waals surface area contributed by atoms with Gasteiger partial charge in [-0.15, -0.1) is 0 Å². The quantitative estimate of drug-likeness (QED) is 0.503. The van der Waals surface area contributed by atoms with Gasteiger partial charge in [-0.05, 0) is 27.7 Å². The molecule has 0 saturated heterocycles. The average Bonchev–Trinajstić information content (AvgIpc) is 2.49. The van der Waals surface area contributed by atoms with Crippen LogP contribution in [0.4, 0.5) is 0 Å². The maximum atomic E-state index is 12.1. The van der Waals surface area contributed by atoms with Crippen molar-refractivity contribution in [2.24, 2.45) is 0 Å². The summed E-state index contributed by atoms with van der Waals surface area (Å²) in [6.07, 6.45) is 0. The Hall–Kier alpha value is 0.430. The van der Waals surface area contributed by atoms with Crippen molar-refractivity contribution in [3.63, 3.8) is 0 Å². The third-order valence-electron chi connectivity index (χ3n) is 3.28. The van der Waals surface area contributed by atoms with Gasteiger partial charge in [-0.25, -0.2) is 8.42 Å². The van der Waals surface area contributed by atoms with Crippen LogP contribution in [0.5, 0.6) is 0 Å². The standard InChI is InChI=1S/C14H28N2O2S5/c1-5-15(6-2)13(19)21-9-11-23(17,18)12-10-22-14(20)16(7-3)8-4/h5-12H2,1-4H3. The summed E-state index contributed by atoms with van der Waals surface area (Å²) in [5.41, 5.74) is 0. The molecule has 4 nitrogen and oxygen atoms in total. The molecule has 0 aromatic rings. The lowest BCUT2D eigenvalue weighted by Crippen LogP contribution is -2.28. The van der Waals surface area contributed by atoms with Gasteiger partial charge in [0.05, 0.1) is 11.5 Å². The lowest BCUT2D eigenvalue weighted by molar-refractivity contribution is 0.482. The molecule has 0 unspecified atom stereocenters. The number of thiocarbonyl (C=S) groups is 2. The van der Waals surface area contributed by atoms with Crippen molar-refractivity contribution in [3.05, 3.63) is 0 Å². The van der Waals surface area contributed by atoms with Gasteiger partial charge >= 0.3 is 0 Å². The largest absolute Gasteiger partial charge is 0.358 e. The fourth-order valence-corrected chi connectivity index (χ4v) is 6.91. The zero-order valence-corrected chi connectivity index (χ0v) is 18.5. The highest BCUT2D eigenvalue weighted by Crippen LogP contribution is 2.13. The van der Waals surface area contributed by atoms with E-state index in [0.717, 1.165) is 34.8 Å². The summed E-state index contributed by atoms with van der Waals surface area (Å²) >= 11 is 13.5. The van der Waals surface area contributed by atoms with Gasteiger partial charge in [0.25, 0.3) is 0 Å². The molecule has 0 aliphatic heterocycles. The summed E-state index contributed by atoms with van der Waals surface area (Å²) in [4.78, 5) is 4.12. The highest BCUT2D eigenvalue weighted by molar-refractivity contribution is 8.23. The zero-order chi connectivity index (χ0) is 17.9. The third-order valence-corrected chi connectivity index (χ3v) is 8.50. The molecule has 0 spiro atoms. The Kier molecular flexibility index (Phi) is 13.0. The van der Waals surface area contributed by atoms with E-state index in [1.165, 1.54) is 23.5 Å². The van der Waals surface area contributed by atoms with Crippen LogP contribution >= 0.6 is 48.0 Å². The number of sulfone groups is 1. The smallest absolute Gasteiger partial charge is 0.151 e. The number of rotatable bonds is 10. The molecule has 0 aromatic heterocycles. The molecule has 23 heavy (non-hydrogen) atoms. The summed E-state index contributed by atoms with van der Waals surface area (Å²) < 4.78 is 25.7. The van der Waals surface area contributed by atoms with E-state index < -0.39 is 9.84 Å². The molecule has 0 fully saturated rings. The molecule has 0 radical (unpaired) electrons. The summed E-state index contributed by atoms with van der Waals surface area (Å²) in [6.45, 7) is 11.6. The van der Waals surface area contributed by atoms with E-state index in [1.807, 2.05) is 27.7 Å². The topological polar surface area (TPSA) is 40.6 Å². The fraction of sp³-hybridized carbons (Fsp3) is 0.857. The molecule has 0 amide bonds. The maximum Gasteiger partial charge on any atom is 0.151 e. The highest BCUT2D eigenvalue weighted by Gasteiger charge is 2.14. The van der Waals surface area contributed by atoms with Gasteiger partial charge in [-0.1, -0.05) is 48.0 Å². The first-order valence-corrected chi connectivity index (χ1v) is 12.5. The number of thioether (sulfide) groups is 2. The number of nitrogens with zero attached hydrogens (tertiary/aromatic N) is 2. The minimum Gasteiger partial charge on any atom is -0.358 e. The predicted octanol–water partition coefficient (Wildman–Crippen LogP) is 3.12. The number of hydrogen-bond acceptors (Lipinski definition) is 6. The van der Waals surface area contributed by atoms with Crippen LogP contribution < -0.4 is 0 Å². The van der Waals surface area contributed by atoms with Gasteiger partial charge in [0.15, 0.2) is 9.84 Å². The van der Waals surface area contributed by atoms with Crippen LogP contribution in [0.2, 0.25) is 0 Å². The van der Waals surface area contributed by atoms with E-state index in [4.69, 9.17) is 24.4 Å². The Balaban J connectivity index is 4.11. The van der Waals surface area contributed by atoms with Crippen molar-refractivity contribution in [1.29, 1.82) is 0 Å². The molecule has 0 bridgehead atoms. The monoisotopic (exact) mass is 416 g/mol. The van der Waals surface area contributed by atoms with Crippen molar-refractivity contribution in [2.45, 2.75) is 27.7 Å². The van der Waals surface area contributed by atoms with Crippen LogP contribution in [0.25, 0.3) is 0 Å². The van der Waals surface area contributed by atoms with Crippen LogP contribution in [-0.2, 0) is 9.84 Å². The van der Waals surface area contributed by atoms with E-state index in [9.17, 15) is 8.42 Å². The number of hydrogen-bond donors (Lipinski definition) is 0. The SMILES string of the molecule is CCN(CC)C(=S)SCCS(=O)(=O)CCSC(=S)N(CC)CC. The molecule has 0 heterocycles. The van der Waals surface area contributed by atoms with E-state index in [2.05, 4.69) is 9.80 Å². The zero-order valence-electron chi connectivity index (χ0n) is 14.4. The molecule has 136 valence electrons. The van der Waals surface area contributed by atoms with E-state index in [-0.39, 0.29) is 11.5 Å². The minimum absolute atomic E-state index is 0.164. The molecule has 0 saturated carbocycles. The summed E-state index contributed by atoms with van der Waals surface area (Å²) in [5.74, 6) is 1.36. The molecule has 0 N–H and O–H groups in total. The second kappa shape index (κ2) is 12.7. The van der Waals surface area contributed by atoms with Crippen LogP contribution in [0, 0.1) is 0 Å². The van der Waals surface area contributed by atoms with Gasteiger partial charge in [0.1, 0.15) is 8.64 Å². The highest BCUT2D eigenvalue weighted by atomic mass is 32.2. The lowest BCUT2D eigenvalue weighted by atomic mass is 10.6. The maximum absolute atomic E-state index is 12.1. The first kappa shape index (κ1) is 23.4. The fourth-order valence-electron chi connectivity index (χ4n) is 1.76. The van der Waals surface area contributed by atoms with Gasteiger partial charge in [0.2, 0.25) is 0 Å². The Morgan fingerprint density at radius 2 is 1.09 bits per heavy atom. The van der Waals surface area contributed by atoms with Crippen LogP contribution in [0.1, 0.15) is 27.7 Å². The molecular formula is C14H28N2O2S5. The van der Waals surface area contributed by atoms with Gasteiger partial charge < -0.3 is 9.80 Å². The average molecular weight is 417 g/mol. The van der Waals surface area contributed by atoms with Crippen molar-refractivity contribution in [1.82, 2.24) is 9.80 Å². The Morgan fingerprint density at radius 3 is 1.35 bits per heavy atom. The van der Waals surface area contributed by atoms with Crippen molar-refractivity contribution >= 4 is 66.4 Å². The molecule has 0 aliphatic rings.